The second-order valence-corrected chi connectivity index (χ2v) is 5.16. The van der Waals surface area contributed by atoms with Gasteiger partial charge in [-0.2, -0.15) is 0 Å². The maximum absolute atomic E-state index is 11.2. The molecule has 1 aromatic carbocycles. The zero-order chi connectivity index (χ0) is 14.3. The van der Waals surface area contributed by atoms with Crippen molar-refractivity contribution >= 4 is 5.91 Å². The van der Waals surface area contributed by atoms with Crippen LogP contribution in [0.4, 0.5) is 0 Å². The summed E-state index contributed by atoms with van der Waals surface area (Å²) in [5, 5.41) is 3.42. The second kappa shape index (κ2) is 7.14. The van der Waals surface area contributed by atoms with Crippen LogP contribution >= 0.6 is 0 Å². The molecule has 0 aromatic heterocycles. The fraction of sp³-hybridized carbons (Fsp3) is 0.533. The van der Waals surface area contributed by atoms with E-state index in [2.05, 4.69) is 12.2 Å². The predicted octanol–water partition coefficient (Wildman–Crippen LogP) is 1.87. The highest BCUT2D eigenvalue weighted by Gasteiger charge is 2.26. The molecule has 0 spiro atoms. The number of benzene rings is 1. The first-order chi connectivity index (χ1) is 8.99. The van der Waals surface area contributed by atoms with Crippen molar-refractivity contribution in [3.05, 3.63) is 29.8 Å². The van der Waals surface area contributed by atoms with Crippen LogP contribution in [0.2, 0.25) is 0 Å². The number of hydrogen-bond acceptors (Lipinski definition) is 3. The minimum Gasteiger partial charge on any atom is -0.497 e. The first-order valence-corrected chi connectivity index (χ1v) is 6.65. The maximum atomic E-state index is 11.2. The van der Waals surface area contributed by atoms with E-state index < -0.39 is 0 Å². The summed E-state index contributed by atoms with van der Waals surface area (Å²) < 4.78 is 5.14. The Bertz CT molecular complexity index is 403. The van der Waals surface area contributed by atoms with Crippen LogP contribution in [-0.4, -0.2) is 25.1 Å². The third-order valence-electron chi connectivity index (χ3n) is 3.12. The van der Waals surface area contributed by atoms with E-state index in [9.17, 15) is 4.79 Å². The van der Waals surface area contributed by atoms with Gasteiger partial charge < -0.3 is 15.8 Å². The minimum absolute atomic E-state index is 0.278. The molecule has 1 amide bonds. The molecule has 1 rings (SSSR count). The highest BCUT2D eigenvalue weighted by Crippen LogP contribution is 2.19. The minimum atomic E-state index is -0.295. The Labute approximate surface area is 115 Å². The van der Waals surface area contributed by atoms with E-state index in [1.165, 1.54) is 0 Å². The van der Waals surface area contributed by atoms with Crippen molar-refractivity contribution in [2.24, 2.45) is 5.73 Å². The number of methoxy groups -OCH3 is 1. The van der Waals surface area contributed by atoms with Gasteiger partial charge in [0.1, 0.15) is 5.75 Å². The Kier molecular flexibility index (Phi) is 5.83. The third kappa shape index (κ3) is 5.30. The molecule has 0 aliphatic carbocycles. The van der Waals surface area contributed by atoms with Crippen LogP contribution in [0, 0.1) is 0 Å². The van der Waals surface area contributed by atoms with E-state index in [4.69, 9.17) is 10.5 Å². The van der Waals surface area contributed by atoms with Crippen LogP contribution in [0.1, 0.15) is 32.3 Å². The van der Waals surface area contributed by atoms with Gasteiger partial charge in [0.15, 0.2) is 0 Å². The summed E-state index contributed by atoms with van der Waals surface area (Å²) in [6.45, 7) is 5.02. The van der Waals surface area contributed by atoms with Crippen molar-refractivity contribution in [2.45, 2.75) is 38.6 Å². The van der Waals surface area contributed by atoms with E-state index >= 15 is 0 Å². The molecule has 0 bridgehead atoms. The molecule has 1 atom stereocenters. The zero-order valence-electron chi connectivity index (χ0n) is 12.0. The largest absolute Gasteiger partial charge is 0.497 e. The number of ether oxygens (including phenoxy) is 1. The van der Waals surface area contributed by atoms with Gasteiger partial charge in [0.25, 0.3) is 0 Å². The Balaban J connectivity index is 2.77. The van der Waals surface area contributed by atoms with Crippen molar-refractivity contribution in [3.8, 4) is 5.75 Å². The van der Waals surface area contributed by atoms with Crippen LogP contribution in [0.15, 0.2) is 24.3 Å². The van der Waals surface area contributed by atoms with Crippen LogP contribution in [0.5, 0.6) is 5.75 Å². The lowest BCUT2D eigenvalue weighted by Gasteiger charge is -2.30. The van der Waals surface area contributed by atoms with Gasteiger partial charge >= 0.3 is 0 Å². The quantitative estimate of drug-likeness (QED) is 0.753. The van der Waals surface area contributed by atoms with E-state index in [1.807, 2.05) is 31.2 Å². The molecule has 0 heterocycles. The summed E-state index contributed by atoms with van der Waals surface area (Å²) in [7, 11) is 1.65. The van der Waals surface area contributed by atoms with Gasteiger partial charge in [-0.25, -0.2) is 0 Å². The van der Waals surface area contributed by atoms with Gasteiger partial charge in [-0.05, 0) is 44.0 Å². The van der Waals surface area contributed by atoms with Crippen molar-refractivity contribution in [1.29, 1.82) is 0 Å². The van der Waals surface area contributed by atoms with E-state index in [-0.39, 0.29) is 11.4 Å². The molecule has 106 valence electrons. The van der Waals surface area contributed by atoms with Crippen molar-refractivity contribution in [3.63, 3.8) is 0 Å². The normalized spacial score (nSPS) is 13.8. The summed E-state index contributed by atoms with van der Waals surface area (Å²) in [5.74, 6) is 0.557. The van der Waals surface area contributed by atoms with Gasteiger partial charge in [0.05, 0.1) is 7.11 Å². The molecule has 0 aliphatic heterocycles. The smallest absolute Gasteiger partial charge is 0.219 e. The number of nitrogens with one attached hydrogen (secondary N) is 1. The topological polar surface area (TPSA) is 64.3 Å². The number of hydrogen-bond donors (Lipinski definition) is 2. The standard InChI is InChI=1S/C15H24N2O2/c1-4-9-17-15(2,11-14(16)18)10-12-5-7-13(19-3)8-6-12/h5-8,17H,4,9-11H2,1-3H3,(H2,16,18). The fourth-order valence-electron chi connectivity index (χ4n) is 2.19. The molecule has 0 radical (unpaired) electrons. The summed E-state index contributed by atoms with van der Waals surface area (Å²) >= 11 is 0. The van der Waals surface area contributed by atoms with E-state index in [1.54, 1.807) is 7.11 Å². The Morgan fingerprint density at radius 2 is 2.00 bits per heavy atom. The predicted molar refractivity (Wildman–Crippen MR) is 77.2 cm³/mol. The number of nitrogens with two attached hydrogens (primary N) is 1. The molecule has 0 saturated heterocycles. The summed E-state index contributed by atoms with van der Waals surface area (Å²) in [6, 6.07) is 7.90. The van der Waals surface area contributed by atoms with E-state index in [0.29, 0.717) is 6.42 Å². The molecule has 4 nitrogen and oxygen atoms in total. The monoisotopic (exact) mass is 264 g/mol. The molecular formula is C15H24N2O2. The molecular weight excluding hydrogens is 240 g/mol. The van der Waals surface area contributed by atoms with Gasteiger partial charge in [0, 0.05) is 12.0 Å². The average Bonchev–Trinajstić information content (AvgIpc) is 2.36. The molecule has 0 aliphatic rings. The maximum Gasteiger partial charge on any atom is 0.219 e. The number of amides is 1. The van der Waals surface area contributed by atoms with Crippen molar-refractivity contribution in [2.75, 3.05) is 13.7 Å². The molecule has 4 heteroatoms. The molecule has 19 heavy (non-hydrogen) atoms. The first-order valence-electron chi connectivity index (χ1n) is 6.65. The number of rotatable bonds is 8. The molecule has 1 aromatic rings. The highest BCUT2D eigenvalue weighted by atomic mass is 16.5. The van der Waals surface area contributed by atoms with Gasteiger partial charge in [-0.1, -0.05) is 19.1 Å². The zero-order valence-corrected chi connectivity index (χ0v) is 12.0. The van der Waals surface area contributed by atoms with Crippen LogP contribution < -0.4 is 15.8 Å². The first kappa shape index (κ1) is 15.5. The number of carbonyl (C=O) groups excluding carboxylic acids is 1. The Morgan fingerprint density at radius 3 is 2.47 bits per heavy atom. The van der Waals surface area contributed by atoms with Crippen LogP contribution in [0.25, 0.3) is 0 Å². The lowest BCUT2D eigenvalue weighted by Crippen LogP contribution is -2.47. The second-order valence-electron chi connectivity index (χ2n) is 5.16. The number of primary amides is 1. The molecule has 3 N–H and O–H groups in total. The Hall–Kier alpha value is -1.55. The average molecular weight is 264 g/mol. The Morgan fingerprint density at radius 1 is 1.37 bits per heavy atom. The molecule has 1 unspecified atom stereocenters. The van der Waals surface area contributed by atoms with Gasteiger partial charge in [-0.15, -0.1) is 0 Å². The van der Waals surface area contributed by atoms with Crippen molar-refractivity contribution in [1.82, 2.24) is 5.32 Å². The summed E-state index contributed by atoms with van der Waals surface area (Å²) in [5.41, 5.74) is 6.22. The number of carbonyl (C=O) groups is 1. The van der Waals surface area contributed by atoms with Crippen LogP contribution in [-0.2, 0) is 11.2 Å². The highest BCUT2D eigenvalue weighted by molar-refractivity contribution is 5.75. The fourth-order valence-corrected chi connectivity index (χ4v) is 2.19. The third-order valence-corrected chi connectivity index (χ3v) is 3.12. The SMILES string of the molecule is CCCNC(C)(CC(N)=O)Cc1ccc(OC)cc1. The summed E-state index contributed by atoms with van der Waals surface area (Å²) in [4.78, 5) is 11.2. The lowest BCUT2D eigenvalue weighted by atomic mass is 9.89. The summed E-state index contributed by atoms with van der Waals surface area (Å²) in [6.07, 6.45) is 2.12. The van der Waals surface area contributed by atoms with Gasteiger partial charge in [0.2, 0.25) is 5.91 Å². The molecule has 0 fully saturated rings. The van der Waals surface area contributed by atoms with Crippen LogP contribution in [0.3, 0.4) is 0 Å². The van der Waals surface area contributed by atoms with E-state index in [0.717, 1.165) is 30.7 Å². The van der Waals surface area contributed by atoms with Crippen molar-refractivity contribution < 1.29 is 9.53 Å². The molecule has 0 saturated carbocycles. The lowest BCUT2D eigenvalue weighted by molar-refractivity contribution is -0.119. The van der Waals surface area contributed by atoms with Gasteiger partial charge in [-0.3, -0.25) is 4.79 Å².